The zero-order valence-corrected chi connectivity index (χ0v) is 11.9. The van der Waals surface area contributed by atoms with Crippen molar-refractivity contribution in [3.63, 3.8) is 0 Å². The third-order valence-electron chi connectivity index (χ3n) is 2.99. The first-order valence-corrected chi connectivity index (χ1v) is 6.58. The van der Waals surface area contributed by atoms with Crippen LogP contribution < -0.4 is 0 Å². The second-order valence-corrected chi connectivity index (χ2v) is 5.17. The smallest absolute Gasteiger partial charge is 0.335 e. The highest BCUT2D eigenvalue weighted by Gasteiger charge is 2.13. The van der Waals surface area contributed by atoms with Gasteiger partial charge in [-0.1, -0.05) is 23.2 Å². The predicted octanol–water partition coefficient (Wildman–Crippen LogP) is 4.15. The summed E-state index contributed by atoms with van der Waals surface area (Å²) in [7, 11) is 0. The van der Waals surface area contributed by atoms with Crippen molar-refractivity contribution in [2.24, 2.45) is 0 Å². The fourth-order valence-corrected chi connectivity index (χ4v) is 2.44. The van der Waals surface area contributed by atoms with Crippen LogP contribution in [-0.4, -0.2) is 20.5 Å². The number of imidazole rings is 1. The van der Waals surface area contributed by atoms with Crippen LogP contribution in [0.3, 0.4) is 0 Å². The number of aromatic carboxylic acids is 1. The lowest BCUT2D eigenvalue weighted by Gasteiger charge is -2.02. The van der Waals surface area contributed by atoms with Gasteiger partial charge in [0.2, 0.25) is 0 Å². The van der Waals surface area contributed by atoms with Gasteiger partial charge in [0, 0.05) is 18.0 Å². The molecule has 21 heavy (non-hydrogen) atoms. The van der Waals surface area contributed by atoms with Crippen molar-refractivity contribution in [3.8, 4) is 11.3 Å². The van der Waals surface area contributed by atoms with Gasteiger partial charge in [0.1, 0.15) is 11.5 Å². The van der Waals surface area contributed by atoms with E-state index in [1.807, 2.05) is 0 Å². The van der Waals surface area contributed by atoms with Gasteiger partial charge in [0.05, 0.1) is 21.3 Å². The maximum Gasteiger partial charge on any atom is 0.335 e. The minimum atomic E-state index is -1.04. The van der Waals surface area contributed by atoms with Gasteiger partial charge in [-0.05, 0) is 24.3 Å². The molecule has 0 saturated heterocycles. The van der Waals surface area contributed by atoms with Gasteiger partial charge in [-0.2, -0.15) is 0 Å². The van der Waals surface area contributed by atoms with Gasteiger partial charge >= 0.3 is 5.97 Å². The number of hydrogen-bond donors (Lipinski definition) is 1. The monoisotopic (exact) mass is 324 g/mol. The third-order valence-corrected chi connectivity index (χ3v) is 3.60. The number of carbonyl (C=O) groups is 1. The van der Waals surface area contributed by atoms with E-state index in [1.54, 1.807) is 16.8 Å². The van der Waals surface area contributed by atoms with Crippen LogP contribution in [0.5, 0.6) is 0 Å². The molecular weight excluding hydrogens is 318 g/mol. The zero-order chi connectivity index (χ0) is 15.1. The molecule has 0 aliphatic rings. The van der Waals surface area contributed by atoms with E-state index in [0.717, 1.165) is 0 Å². The quantitative estimate of drug-likeness (QED) is 0.720. The molecule has 1 aromatic carbocycles. The lowest BCUT2D eigenvalue weighted by Crippen LogP contribution is -1.96. The summed E-state index contributed by atoms with van der Waals surface area (Å²) in [6.45, 7) is 0. The Bertz CT molecular complexity index is 877. The van der Waals surface area contributed by atoms with Crippen molar-refractivity contribution in [1.82, 2.24) is 9.38 Å². The number of rotatable bonds is 2. The van der Waals surface area contributed by atoms with Crippen molar-refractivity contribution in [1.29, 1.82) is 0 Å². The molecule has 4 nitrogen and oxygen atoms in total. The molecule has 0 fully saturated rings. The van der Waals surface area contributed by atoms with Crippen LogP contribution in [0, 0.1) is 5.82 Å². The lowest BCUT2D eigenvalue weighted by atomic mass is 10.1. The molecular formula is C14H7Cl2FN2O2. The van der Waals surface area contributed by atoms with E-state index < -0.39 is 11.8 Å². The van der Waals surface area contributed by atoms with Crippen LogP contribution in [0.4, 0.5) is 4.39 Å². The first kappa shape index (κ1) is 13.9. The van der Waals surface area contributed by atoms with E-state index >= 15 is 0 Å². The van der Waals surface area contributed by atoms with Crippen molar-refractivity contribution < 1.29 is 14.3 Å². The first-order chi connectivity index (χ1) is 9.95. The summed E-state index contributed by atoms with van der Waals surface area (Å²) in [5, 5.41) is 9.15. The van der Waals surface area contributed by atoms with Gasteiger partial charge in [-0.25, -0.2) is 14.2 Å². The average molecular weight is 325 g/mol. The van der Waals surface area contributed by atoms with Crippen molar-refractivity contribution in [2.45, 2.75) is 0 Å². The Hall–Kier alpha value is -2.11. The third kappa shape index (κ3) is 2.46. The number of fused-ring (bicyclic) bond motifs is 1. The van der Waals surface area contributed by atoms with Crippen LogP contribution in [0.2, 0.25) is 10.0 Å². The number of halogens is 3. The molecule has 2 heterocycles. The predicted molar refractivity (Wildman–Crippen MR) is 77.6 cm³/mol. The van der Waals surface area contributed by atoms with Crippen LogP contribution in [-0.2, 0) is 0 Å². The van der Waals surface area contributed by atoms with Gasteiger partial charge in [-0.3, -0.25) is 0 Å². The molecule has 106 valence electrons. The van der Waals surface area contributed by atoms with Crippen molar-refractivity contribution in [2.75, 3.05) is 0 Å². The van der Waals surface area contributed by atoms with Crippen molar-refractivity contribution in [3.05, 3.63) is 58.1 Å². The summed E-state index contributed by atoms with van der Waals surface area (Å²) in [6, 6.07) is 5.38. The largest absolute Gasteiger partial charge is 0.478 e. The highest BCUT2D eigenvalue weighted by atomic mass is 35.5. The molecule has 0 atom stereocenters. The average Bonchev–Trinajstić information content (AvgIpc) is 2.85. The van der Waals surface area contributed by atoms with Gasteiger partial charge in [0.15, 0.2) is 0 Å². The van der Waals surface area contributed by atoms with E-state index in [1.165, 1.54) is 24.3 Å². The summed E-state index contributed by atoms with van der Waals surface area (Å²) in [5.41, 5.74) is 1.36. The number of carboxylic acid groups (broad SMARTS) is 1. The Kier molecular flexibility index (Phi) is 3.31. The molecule has 0 radical (unpaired) electrons. The number of benzene rings is 1. The molecule has 0 aliphatic heterocycles. The molecule has 0 unspecified atom stereocenters. The molecule has 0 amide bonds. The van der Waals surface area contributed by atoms with Crippen LogP contribution in [0.1, 0.15) is 10.4 Å². The normalized spacial score (nSPS) is 11.0. The number of aromatic nitrogens is 2. The Morgan fingerprint density at radius 2 is 2.00 bits per heavy atom. The molecule has 0 aliphatic carbocycles. The summed E-state index contributed by atoms with van der Waals surface area (Å²) in [5.74, 6) is -1.64. The Morgan fingerprint density at radius 1 is 1.24 bits per heavy atom. The molecule has 0 bridgehead atoms. The van der Waals surface area contributed by atoms with Crippen LogP contribution >= 0.6 is 23.2 Å². The van der Waals surface area contributed by atoms with E-state index in [9.17, 15) is 9.18 Å². The Balaban J connectivity index is 2.17. The number of pyridine rings is 1. The van der Waals surface area contributed by atoms with Gasteiger partial charge in [0.25, 0.3) is 0 Å². The molecule has 3 rings (SSSR count). The minimum Gasteiger partial charge on any atom is -0.478 e. The summed E-state index contributed by atoms with van der Waals surface area (Å²) < 4.78 is 15.2. The SMILES string of the molecule is O=C(O)c1ccn2cc(-c3cc(F)c(Cl)cc3Cl)nc2c1. The summed E-state index contributed by atoms with van der Waals surface area (Å²) >= 11 is 11.7. The van der Waals surface area contributed by atoms with Gasteiger partial charge in [-0.15, -0.1) is 0 Å². The van der Waals surface area contributed by atoms with E-state index in [-0.39, 0.29) is 15.6 Å². The lowest BCUT2D eigenvalue weighted by molar-refractivity contribution is 0.0697. The van der Waals surface area contributed by atoms with E-state index in [2.05, 4.69) is 4.98 Å². The zero-order valence-electron chi connectivity index (χ0n) is 10.3. The highest BCUT2D eigenvalue weighted by Crippen LogP contribution is 2.31. The summed E-state index contributed by atoms with van der Waals surface area (Å²) in [6.07, 6.45) is 3.20. The number of hydrogen-bond acceptors (Lipinski definition) is 2. The Morgan fingerprint density at radius 3 is 2.71 bits per heavy atom. The molecule has 3 aromatic rings. The van der Waals surface area contributed by atoms with E-state index in [0.29, 0.717) is 16.9 Å². The molecule has 0 spiro atoms. The number of nitrogens with zero attached hydrogens (tertiary/aromatic N) is 2. The highest BCUT2D eigenvalue weighted by molar-refractivity contribution is 6.36. The number of carboxylic acids is 1. The topological polar surface area (TPSA) is 54.6 Å². The fraction of sp³-hybridized carbons (Fsp3) is 0. The summed E-state index contributed by atoms with van der Waals surface area (Å²) in [4.78, 5) is 15.2. The van der Waals surface area contributed by atoms with Crippen molar-refractivity contribution >= 4 is 34.8 Å². The van der Waals surface area contributed by atoms with E-state index in [4.69, 9.17) is 28.3 Å². The molecule has 7 heteroatoms. The maximum atomic E-state index is 13.6. The molecule has 2 aromatic heterocycles. The second kappa shape index (κ2) is 5.02. The van der Waals surface area contributed by atoms with Gasteiger partial charge < -0.3 is 9.51 Å². The standard InChI is InChI=1S/C14H7Cl2FN2O2/c15-9-5-10(16)11(17)4-8(9)12-6-19-2-1-7(14(20)21)3-13(19)18-12/h1-6H,(H,20,21). The maximum absolute atomic E-state index is 13.6. The Labute approximate surface area is 128 Å². The fourth-order valence-electron chi connectivity index (χ4n) is 1.96. The molecule has 1 N–H and O–H groups in total. The van der Waals surface area contributed by atoms with Crippen LogP contribution in [0.15, 0.2) is 36.7 Å². The molecule has 0 saturated carbocycles. The second-order valence-electron chi connectivity index (χ2n) is 4.36. The first-order valence-electron chi connectivity index (χ1n) is 5.82. The minimum absolute atomic E-state index is 0.0688. The van der Waals surface area contributed by atoms with Crippen LogP contribution in [0.25, 0.3) is 16.9 Å².